The average molecular weight is 245 g/mol. The second-order valence-corrected chi connectivity index (χ2v) is 3.40. The lowest BCUT2D eigenvalue weighted by molar-refractivity contribution is -0.121. The normalized spacial score (nSPS) is 10.7. The molecule has 2 rings (SSSR count). The first kappa shape index (κ1) is 11.7. The van der Waals surface area contributed by atoms with Crippen molar-refractivity contribution >= 4 is 18.1 Å². The lowest BCUT2D eigenvalue weighted by Gasteiger charge is -1.99. The largest absolute Gasteiger partial charge is 0.367 e. The van der Waals surface area contributed by atoms with Gasteiger partial charge in [0.1, 0.15) is 6.54 Å². The van der Waals surface area contributed by atoms with Crippen LogP contribution in [-0.4, -0.2) is 32.3 Å². The van der Waals surface area contributed by atoms with E-state index >= 15 is 0 Å². The van der Waals surface area contributed by atoms with Crippen LogP contribution in [0.1, 0.15) is 5.56 Å². The molecule has 18 heavy (non-hydrogen) atoms. The first-order chi connectivity index (χ1) is 8.75. The van der Waals surface area contributed by atoms with E-state index < -0.39 is 0 Å². The van der Waals surface area contributed by atoms with E-state index in [0.29, 0.717) is 0 Å². The summed E-state index contributed by atoms with van der Waals surface area (Å²) in [5, 5.41) is 14.1. The second-order valence-electron chi connectivity index (χ2n) is 3.40. The molecule has 8 heteroatoms. The second kappa shape index (κ2) is 5.53. The summed E-state index contributed by atoms with van der Waals surface area (Å²) in [4.78, 5) is 11.5. The fraction of sp³-hybridized carbons (Fsp3) is 0.100. The van der Waals surface area contributed by atoms with Gasteiger partial charge in [-0.15, -0.1) is 0 Å². The third-order valence-electron chi connectivity index (χ3n) is 2.06. The van der Waals surface area contributed by atoms with E-state index in [9.17, 15) is 4.79 Å². The van der Waals surface area contributed by atoms with Crippen molar-refractivity contribution in [2.24, 2.45) is 5.10 Å². The number of tetrazole rings is 1. The Labute approximate surface area is 102 Å². The number of rotatable bonds is 4. The van der Waals surface area contributed by atoms with Gasteiger partial charge >= 0.3 is 0 Å². The molecule has 0 atom stereocenters. The maximum atomic E-state index is 11.5. The van der Waals surface area contributed by atoms with Crippen LogP contribution in [0, 0.1) is 0 Å². The zero-order chi connectivity index (χ0) is 12.8. The Morgan fingerprint density at radius 2 is 2.22 bits per heavy atom. The van der Waals surface area contributed by atoms with Crippen LogP contribution >= 0.6 is 0 Å². The average Bonchev–Trinajstić information content (AvgIpc) is 2.76. The molecular formula is C10H11N7O. The minimum atomic E-state index is -0.360. The molecule has 0 saturated heterocycles. The Kier molecular flexibility index (Phi) is 3.59. The number of benzene rings is 1. The summed E-state index contributed by atoms with van der Waals surface area (Å²) in [6.07, 6.45) is 1.54. The Balaban J connectivity index is 1.86. The first-order valence-corrected chi connectivity index (χ1v) is 5.14. The number of anilines is 1. The number of carbonyl (C=O) groups is 1. The highest BCUT2D eigenvalue weighted by Gasteiger charge is 2.06. The topological polar surface area (TPSA) is 111 Å². The lowest BCUT2D eigenvalue weighted by atomic mass is 10.2. The maximum absolute atomic E-state index is 11.5. The Bertz CT molecular complexity index is 548. The van der Waals surface area contributed by atoms with Gasteiger partial charge in [0.15, 0.2) is 0 Å². The summed E-state index contributed by atoms with van der Waals surface area (Å²) >= 11 is 0. The molecule has 2 aromatic rings. The molecule has 1 amide bonds. The van der Waals surface area contributed by atoms with E-state index in [4.69, 9.17) is 5.73 Å². The molecular weight excluding hydrogens is 234 g/mol. The van der Waals surface area contributed by atoms with Gasteiger partial charge < -0.3 is 5.73 Å². The maximum Gasteiger partial charge on any atom is 0.261 e. The SMILES string of the molecule is Nc1nnnn1CC(=O)N/N=C\c1ccccc1. The molecule has 1 aromatic carbocycles. The fourth-order valence-electron chi connectivity index (χ4n) is 1.21. The number of nitrogen functional groups attached to an aromatic ring is 1. The van der Waals surface area contributed by atoms with Gasteiger partial charge in [0.05, 0.1) is 6.21 Å². The number of nitrogens with one attached hydrogen (secondary N) is 1. The summed E-state index contributed by atoms with van der Waals surface area (Å²) < 4.78 is 1.17. The van der Waals surface area contributed by atoms with Crippen molar-refractivity contribution in [3.8, 4) is 0 Å². The summed E-state index contributed by atoms with van der Waals surface area (Å²) in [5.41, 5.74) is 8.66. The molecule has 0 fully saturated rings. The number of aromatic nitrogens is 4. The van der Waals surface area contributed by atoms with Gasteiger partial charge in [-0.25, -0.2) is 10.1 Å². The first-order valence-electron chi connectivity index (χ1n) is 5.14. The molecule has 0 saturated carbocycles. The van der Waals surface area contributed by atoms with E-state index in [1.54, 1.807) is 6.21 Å². The number of carbonyl (C=O) groups excluding carboxylic acids is 1. The van der Waals surface area contributed by atoms with Crippen LogP contribution in [0.25, 0.3) is 0 Å². The third kappa shape index (κ3) is 3.11. The van der Waals surface area contributed by atoms with E-state index in [2.05, 4.69) is 26.1 Å². The number of hydrogen-bond donors (Lipinski definition) is 2. The highest BCUT2D eigenvalue weighted by Crippen LogP contribution is 1.93. The van der Waals surface area contributed by atoms with Crippen molar-refractivity contribution < 1.29 is 4.79 Å². The van der Waals surface area contributed by atoms with Crippen molar-refractivity contribution in [3.05, 3.63) is 35.9 Å². The van der Waals surface area contributed by atoms with E-state index in [-0.39, 0.29) is 18.4 Å². The van der Waals surface area contributed by atoms with Gasteiger partial charge in [-0.2, -0.15) is 5.10 Å². The third-order valence-corrected chi connectivity index (χ3v) is 2.06. The smallest absolute Gasteiger partial charge is 0.261 e. The molecule has 8 nitrogen and oxygen atoms in total. The Hall–Kier alpha value is -2.77. The molecule has 0 aliphatic rings. The lowest BCUT2D eigenvalue weighted by Crippen LogP contribution is -2.24. The molecule has 0 aliphatic carbocycles. The summed E-state index contributed by atoms with van der Waals surface area (Å²) in [6, 6.07) is 9.40. The van der Waals surface area contributed by atoms with Crippen molar-refractivity contribution in [2.75, 3.05) is 5.73 Å². The van der Waals surface area contributed by atoms with Crippen LogP contribution in [0.15, 0.2) is 35.4 Å². The van der Waals surface area contributed by atoms with Crippen molar-refractivity contribution in [1.82, 2.24) is 25.6 Å². The quantitative estimate of drug-likeness (QED) is 0.552. The summed E-state index contributed by atoms with van der Waals surface area (Å²) in [7, 11) is 0. The summed E-state index contributed by atoms with van der Waals surface area (Å²) in [6.45, 7) is -0.0784. The van der Waals surface area contributed by atoms with Gasteiger partial charge in [0.25, 0.3) is 5.91 Å². The molecule has 0 radical (unpaired) electrons. The molecule has 92 valence electrons. The molecule has 0 unspecified atom stereocenters. The van der Waals surface area contributed by atoms with Crippen molar-refractivity contribution in [2.45, 2.75) is 6.54 Å². The number of nitrogens with zero attached hydrogens (tertiary/aromatic N) is 5. The predicted octanol–water partition coefficient (Wildman–Crippen LogP) is -0.594. The number of nitrogens with two attached hydrogens (primary N) is 1. The Morgan fingerprint density at radius 3 is 2.89 bits per heavy atom. The number of hydrogen-bond acceptors (Lipinski definition) is 6. The molecule has 0 bridgehead atoms. The molecule has 1 heterocycles. The zero-order valence-electron chi connectivity index (χ0n) is 9.39. The number of amides is 1. The van der Waals surface area contributed by atoms with Crippen LogP contribution in [0.2, 0.25) is 0 Å². The van der Waals surface area contributed by atoms with Gasteiger partial charge in [-0.1, -0.05) is 35.4 Å². The molecule has 0 spiro atoms. The van der Waals surface area contributed by atoms with Crippen LogP contribution in [-0.2, 0) is 11.3 Å². The molecule has 0 aliphatic heterocycles. The van der Waals surface area contributed by atoms with Crippen LogP contribution < -0.4 is 11.2 Å². The highest BCUT2D eigenvalue weighted by molar-refractivity contribution is 5.82. The fourth-order valence-corrected chi connectivity index (χ4v) is 1.21. The van der Waals surface area contributed by atoms with Gasteiger partial charge in [-0.05, 0) is 16.0 Å². The summed E-state index contributed by atoms with van der Waals surface area (Å²) in [5.74, 6) is -0.279. The minimum absolute atomic E-state index is 0.0784. The van der Waals surface area contributed by atoms with E-state index in [1.807, 2.05) is 30.3 Å². The van der Waals surface area contributed by atoms with E-state index in [1.165, 1.54) is 4.68 Å². The Morgan fingerprint density at radius 1 is 1.44 bits per heavy atom. The molecule has 3 N–H and O–H groups in total. The van der Waals surface area contributed by atoms with Gasteiger partial charge in [0.2, 0.25) is 5.95 Å². The molecule has 1 aromatic heterocycles. The predicted molar refractivity (Wildman–Crippen MR) is 64.4 cm³/mol. The number of hydrazone groups is 1. The van der Waals surface area contributed by atoms with E-state index in [0.717, 1.165) is 5.56 Å². The van der Waals surface area contributed by atoms with Gasteiger partial charge in [-0.3, -0.25) is 4.79 Å². The monoisotopic (exact) mass is 245 g/mol. The van der Waals surface area contributed by atoms with Crippen LogP contribution in [0.3, 0.4) is 0 Å². The minimum Gasteiger partial charge on any atom is -0.367 e. The van der Waals surface area contributed by atoms with Crippen molar-refractivity contribution in [3.63, 3.8) is 0 Å². The van der Waals surface area contributed by atoms with Crippen LogP contribution in [0.5, 0.6) is 0 Å². The van der Waals surface area contributed by atoms with Crippen LogP contribution in [0.4, 0.5) is 5.95 Å². The zero-order valence-corrected chi connectivity index (χ0v) is 9.39. The van der Waals surface area contributed by atoms with Gasteiger partial charge in [0, 0.05) is 0 Å². The standard InChI is InChI=1S/C10H11N7O/c11-10-14-15-16-17(10)7-9(18)13-12-6-8-4-2-1-3-5-8/h1-6H,7H2,(H,13,18)(H2,11,14,16)/b12-6-. The highest BCUT2D eigenvalue weighted by atomic mass is 16.2. The van der Waals surface area contributed by atoms with Crippen molar-refractivity contribution in [1.29, 1.82) is 0 Å².